The van der Waals surface area contributed by atoms with E-state index in [1.807, 2.05) is 6.07 Å². The van der Waals surface area contributed by atoms with Crippen LogP contribution in [0.4, 0.5) is 4.39 Å². The lowest BCUT2D eigenvalue weighted by molar-refractivity contribution is 0.631. The molecule has 14 heavy (non-hydrogen) atoms. The molecule has 2 aromatic rings. The summed E-state index contributed by atoms with van der Waals surface area (Å²) in [5.74, 6) is -0.293. The number of hydrogen-bond acceptors (Lipinski definition) is 1. The van der Waals surface area contributed by atoms with Crippen LogP contribution in [0.5, 0.6) is 0 Å². The molecule has 0 spiro atoms. The molecule has 0 saturated carbocycles. The lowest BCUT2D eigenvalue weighted by atomic mass is 10.1. The van der Waals surface area contributed by atoms with Gasteiger partial charge >= 0.3 is 0 Å². The lowest BCUT2D eigenvalue weighted by Crippen LogP contribution is -1.83. The summed E-state index contributed by atoms with van der Waals surface area (Å²) in [7, 11) is 0. The summed E-state index contributed by atoms with van der Waals surface area (Å²) in [4.78, 5) is 2.82. The molecule has 0 saturated heterocycles. The molecule has 0 unspecified atom stereocenters. The minimum absolute atomic E-state index is 0.293. The van der Waals surface area contributed by atoms with E-state index >= 15 is 0 Å². The predicted molar refractivity (Wildman–Crippen MR) is 50.9 cm³/mol. The van der Waals surface area contributed by atoms with Crippen molar-refractivity contribution in [2.45, 2.75) is 0 Å². The first-order valence-electron chi connectivity index (χ1n) is 4.15. The number of hydrogen-bond donors (Lipinski definition) is 1. The third-order valence-electron chi connectivity index (χ3n) is 1.97. The number of aromatic amines is 1. The second kappa shape index (κ2) is 3.35. The average molecular weight is 186 g/mol. The predicted octanol–water partition coefficient (Wildman–Crippen LogP) is 2.69. The summed E-state index contributed by atoms with van der Waals surface area (Å²) >= 11 is 0. The molecule has 0 bridgehead atoms. The van der Waals surface area contributed by atoms with E-state index in [4.69, 9.17) is 5.26 Å². The van der Waals surface area contributed by atoms with Gasteiger partial charge in [-0.3, -0.25) is 0 Å². The SMILES string of the molecule is N#Cc1ccc(-c2ccccc2F)[nH]1. The van der Waals surface area contributed by atoms with Crippen molar-refractivity contribution in [3.63, 3.8) is 0 Å². The molecule has 2 rings (SSSR count). The number of nitriles is 1. The molecule has 0 aliphatic heterocycles. The highest BCUT2D eigenvalue weighted by Gasteiger charge is 2.05. The van der Waals surface area contributed by atoms with Gasteiger partial charge in [-0.25, -0.2) is 4.39 Å². The van der Waals surface area contributed by atoms with E-state index in [-0.39, 0.29) is 5.82 Å². The van der Waals surface area contributed by atoms with E-state index in [1.165, 1.54) is 6.07 Å². The van der Waals surface area contributed by atoms with Crippen LogP contribution in [0.2, 0.25) is 0 Å². The maximum Gasteiger partial charge on any atom is 0.132 e. The number of rotatable bonds is 1. The number of H-pyrrole nitrogens is 1. The van der Waals surface area contributed by atoms with Crippen molar-refractivity contribution in [3.8, 4) is 17.3 Å². The Hall–Kier alpha value is -2.08. The zero-order chi connectivity index (χ0) is 9.97. The van der Waals surface area contributed by atoms with E-state index in [1.54, 1.807) is 30.3 Å². The average Bonchev–Trinajstić information content (AvgIpc) is 2.67. The van der Waals surface area contributed by atoms with Crippen LogP contribution in [0.3, 0.4) is 0 Å². The van der Waals surface area contributed by atoms with Crippen LogP contribution in [0, 0.1) is 17.1 Å². The molecule has 1 heterocycles. The van der Waals surface area contributed by atoms with Gasteiger partial charge in [-0.15, -0.1) is 0 Å². The molecule has 1 aromatic heterocycles. The fraction of sp³-hybridized carbons (Fsp3) is 0. The van der Waals surface area contributed by atoms with E-state index < -0.39 is 0 Å². The second-order valence-corrected chi connectivity index (χ2v) is 2.88. The van der Waals surface area contributed by atoms with Crippen molar-refractivity contribution in [2.75, 3.05) is 0 Å². The standard InChI is InChI=1S/C11H7FN2/c12-10-4-2-1-3-9(10)11-6-5-8(7-13)14-11/h1-6,14H. The number of benzene rings is 1. The Labute approximate surface area is 80.6 Å². The first-order valence-corrected chi connectivity index (χ1v) is 4.15. The topological polar surface area (TPSA) is 39.6 Å². The van der Waals surface area contributed by atoms with Crippen molar-refractivity contribution >= 4 is 0 Å². The highest BCUT2D eigenvalue weighted by molar-refractivity contribution is 5.61. The molecule has 0 amide bonds. The number of halogens is 1. The fourth-order valence-electron chi connectivity index (χ4n) is 1.30. The maximum atomic E-state index is 13.3. The van der Waals surface area contributed by atoms with Gasteiger partial charge in [-0.1, -0.05) is 12.1 Å². The zero-order valence-corrected chi connectivity index (χ0v) is 7.29. The van der Waals surface area contributed by atoms with Crippen molar-refractivity contribution in [2.24, 2.45) is 0 Å². The van der Waals surface area contributed by atoms with Crippen LogP contribution in [0.15, 0.2) is 36.4 Å². The maximum absolute atomic E-state index is 13.3. The van der Waals surface area contributed by atoms with E-state index in [9.17, 15) is 4.39 Å². The quantitative estimate of drug-likeness (QED) is 0.730. The summed E-state index contributed by atoms with van der Waals surface area (Å²) in [6.45, 7) is 0. The fourth-order valence-corrected chi connectivity index (χ4v) is 1.30. The van der Waals surface area contributed by atoms with Crippen LogP contribution < -0.4 is 0 Å². The molecule has 0 radical (unpaired) electrons. The molecule has 2 nitrogen and oxygen atoms in total. The van der Waals surface area contributed by atoms with Gasteiger partial charge in [-0.05, 0) is 24.3 Å². The molecule has 0 aliphatic rings. The summed E-state index contributed by atoms with van der Waals surface area (Å²) in [6, 6.07) is 11.7. The Morgan fingerprint density at radius 3 is 2.57 bits per heavy atom. The van der Waals surface area contributed by atoms with Crippen LogP contribution >= 0.6 is 0 Å². The van der Waals surface area contributed by atoms with Crippen LogP contribution in [-0.4, -0.2) is 4.98 Å². The number of aromatic nitrogens is 1. The van der Waals surface area contributed by atoms with Gasteiger partial charge in [0.05, 0.1) is 0 Å². The van der Waals surface area contributed by atoms with E-state index in [2.05, 4.69) is 4.98 Å². The molecule has 0 atom stereocenters. The van der Waals surface area contributed by atoms with Gasteiger partial charge in [0.25, 0.3) is 0 Å². The lowest BCUT2D eigenvalue weighted by Gasteiger charge is -1.98. The summed E-state index contributed by atoms with van der Waals surface area (Å²) < 4.78 is 13.3. The van der Waals surface area contributed by atoms with Crippen molar-refractivity contribution < 1.29 is 4.39 Å². The third kappa shape index (κ3) is 1.38. The highest BCUT2D eigenvalue weighted by Crippen LogP contribution is 2.21. The van der Waals surface area contributed by atoms with Gasteiger partial charge in [0.2, 0.25) is 0 Å². The first kappa shape index (κ1) is 8.52. The van der Waals surface area contributed by atoms with Gasteiger partial charge < -0.3 is 4.98 Å². The van der Waals surface area contributed by atoms with Gasteiger partial charge in [0, 0.05) is 11.3 Å². The molecule has 1 aromatic carbocycles. The van der Waals surface area contributed by atoms with Gasteiger partial charge in [0.15, 0.2) is 0 Å². The van der Waals surface area contributed by atoms with Crippen molar-refractivity contribution in [3.05, 3.63) is 47.9 Å². The van der Waals surface area contributed by atoms with Crippen LogP contribution in [0.25, 0.3) is 11.3 Å². The van der Waals surface area contributed by atoms with Crippen LogP contribution in [0.1, 0.15) is 5.69 Å². The monoisotopic (exact) mass is 186 g/mol. The Morgan fingerprint density at radius 1 is 1.14 bits per heavy atom. The van der Waals surface area contributed by atoms with E-state index in [0.717, 1.165) is 0 Å². The molecule has 0 fully saturated rings. The summed E-state index contributed by atoms with van der Waals surface area (Å²) in [6.07, 6.45) is 0. The third-order valence-corrected chi connectivity index (χ3v) is 1.97. The molecular weight excluding hydrogens is 179 g/mol. The normalized spacial score (nSPS) is 9.71. The Morgan fingerprint density at radius 2 is 1.93 bits per heavy atom. The summed E-state index contributed by atoms with van der Waals surface area (Å²) in [5, 5.41) is 8.59. The highest BCUT2D eigenvalue weighted by atomic mass is 19.1. The smallest absolute Gasteiger partial charge is 0.132 e. The van der Waals surface area contributed by atoms with Gasteiger partial charge in [0.1, 0.15) is 17.6 Å². The number of nitrogens with one attached hydrogen (secondary N) is 1. The van der Waals surface area contributed by atoms with Crippen molar-refractivity contribution in [1.29, 1.82) is 5.26 Å². The molecule has 3 heteroatoms. The Kier molecular flexibility index (Phi) is 2.04. The first-order chi connectivity index (χ1) is 6.81. The van der Waals surface area contributed by atoms with Crippen LogP contribution in [-0.2, 0) is 0 Å². The minimum atomic E-state index is -0.293. The van der Waals surface area contributed by atoms with Gasteiger partial charge in [-0.2, -0.15) is 5.26 Å². The Bertz CT molecular complexity index is 494. The van der Waals surface area contributed by atoms with Crippen molar-refractivity contribution in [1.82, 2.24) is 4.98 Å². The summed E-state index contributed by atoms with van der Waals surface area (Å²) in [5.41, 5.74) is 1.54. The molecule has 1 N–H and O–H groups in total. The molecular formula is C11H7FN2. The molecule has 68 valence electrons. The Balaban J connectivity index is 2.51. The number of nitrogens with zero attached hydrogens (tertiary/aromatic N) is 1. The minimum Gasteiger partial charge on any atom is -0.346 e. The zero-order valence-electron chi connectivity index (χ0n) is 7.29. The molecule has 0 aliphatic carbocycles. The van der Waals surface area contributed by atoms with E-state index in [0.29, 0.717) is 17.0 Å². The second-order valence-electron chi connectivity index (χ2n) is 2.88. The largest absolute Gasteiger partial charge is 0.346 e.